The molecule has 0 saturated carbocycles. The second kappa shape index (κ2) is 11.3. The summed E-state index contributed by atoms with van der Waals surface area (Å²) in [6, 6.07) is 8.07. The Labute approximate surface area is 201 Å². The number of rotatable bonds is 9. The molecule has 1 aromatic carbocycles. The number of aromatic nitrogens is 1. The molecule has 1 aliphatic heterocycles. The minimum atomic E-state index is -3.85. The zero-order valence-corrected chi connectivity index (χ0v) is 21.3. The van der Waals surface area contributed by atoms with Crippen LogP contribution in [0.1, 0.15) is 17.5 Å². The normalized spacial score (nSPS) is 15.9. The zero-order chi connectivity index (χ0) is 24.0. The van der Waals surface area contributed by atoms with E-state index in [-0.39, 0.29) is 4.90 Å². The van der Waals surface area contributed by atoms with Gasteiger partial charge in [-0.2, -0.15) is 16.5 Å². The summed E-state index contributed by atoms with van der Waals surface area (Å²) in [4.78, 5) is 22.2. The lowest BCUT2D eigenvalue weighted by atomic mass is 10.2. The first-order chi connectivity index (χ1) is 15.7. The fourth-order valence-corrected chi connectivity index (χ4v) is 5.67. The standard InChI is InChI=1S/C23H33N5O3S2/c1-17-5-6-18(2)21(15-17)33(30,31)26-20(9-14-32-4)23(29)25-19-7-8-22(24-16-19)28-12-10-27(3)11-13-28/h5-8,15-16,20,26H,9-14H2,1-4H3,(H,25,29)/t20-/m0/s1. The molecule has 1 aliphatic rings. The van der Waals surface area contributed by atoms with Crippen molar-refractivity contribution in [2.45, 2.75) is 31.2 Å². The van der Waals surface area contributed by atoms with E-state index in [0.717, 1.165) is 37.6 Å². The van der Waals surface area contributed by atoms with Gasteiger partial charge in [-0.1, -0.05) is 12.1 Å². The first kappa shape index (κ1) is 25.5. The molecule has 1 fully saturated rings. The smallest absolute Gasteiger partial charge is 0.242 e. The molecule has 1 saturated heterocycles. The third-order valence-corrected chi connectivity index (χ3v) is 7.96. The van der Waals surface area contributed by atoms with Crippen LogP contribution < -0.4 is 14.9 Å². The van der Waals surface area contributed by atoms with Crippen LogP contribution in [0, 0.1) is 13.8 Å². The van der Waals surface area contributed by atoms with Crippen LogP contribution in [-0.2, 0) is 14.8 Å². The van der Waals surface area contributed by atoms with Crippen molar-refractivity contribution in [3.63, 3.8) is 0 Å². The summed E-state index contributed by atoms with van der Waals surface area (Å²) in [6.07, 6.45) is 3.93. The minimum absolute atomic E-state index is 0.197. The molecular weight excluding hydrogens is 458 g/mol. The first-order valence-corrected chi connectivity index (χ1v) is 13.9. The highest BCUT2D eigenvalue weighted by Crippen LogP contribution is 2.19. The summed E-state index contributed by atoms with van der Waals surface area (Å²) in [7, 11) is -1.75. The van der Waals surface area contributed by atoms with Crippen molar-refractivity contribution in [2.75, 3.05) is 55.5 Å². The predicted molar refractivity (Wildman–Crippen MR) is 136 cm³/mol. The van der Waals surface area contributed by atoms with Crippen molar-refractivity contribution in [2.24, 2.45) is 0 Å². The maximum atomic E-state index is 13.1. The van der Waals surface area contributed by atoms with Crippen molar-refractivity contribution in [3.05, 3.63) is 47.7 Å². The molecule has 10 heteroatoms. The van der Waals surface area contributed by atoms with E-state index in [9.17, 15) is 13.2 Å². The number of hydrogen-bond donors (Lipinski definition) is 2. The van der Waals surface area contributed by atoms with Gasteiger partial charge in [0.25, 0.3) is 0 Å². The van der Waals surface area contributed by atoms with Gasteiger partial charge in [0.15, 0.2) is 0 Å². The number of benzene rings is 1. The molecule has 0 unspecified atom stereocenters. The molecular formula is C23H33N5O3S2. The predicted octanol–water partition coefficient (Wildman–Crippen LogP) is 2.49. The number of pyridine rings is 1. The average molecular weight is 492 g/mol. The molecule has 1 aromatic heterocycles. The molecule has 0 radical (unpaired) electrons. The number of carbonyl (C=O) groups excluding carboxylic acids is 1. The number of carbonyl (C=O) groups is 1. The van der Waals surface area contributed by atoms with Gasteiger partial charge in [-0.05, 0) is 68.7 Å². The molecule has 8 nitrogen and oxygen atoms in total. The second-order valence-corrected chi connectivity index (χ2v) is 11.1. The molecule has 2 aromatic rings. The average Bonchev–Trinajstić information content (AvgIpc) is 2.79. The van der Waals surface area contributed by atoms with Crippen LogP contribution in [0.5, 0.6) is 0 Å². The minimum Gasteiger partial charge on any atom is -0.354 e. The Hall–Kier alpha value is -2.14. The molecule has 0 spiro atoms. The first-order valence-electron chi connectivity index (χ1n) is 11.0. The molecule has 1 amide bonds. The Morgan fingerprint density at radius 2 is 1.88 bits per heavy atom. The Morgan fingerprint density at radius 3 is 2.52 bits per heavy atom. The largest absolute Gasteiger partial charge is 0.354 e. The van der Waals surface area contributed by atoms with Crippen molar-refractivity contribution in [1.82, 2.24) is 14.6 Å². The number of amides is 1. The van der Waals surface area contributed by atoms with Crippen molar-refractivity contribution < 1.29 is 13.2 Å². The number of hydrogen-bond acceptors (Lipinski definition) is 7. The van der Waals surface area contributed by atoms with E-state index in [0.29, 0.717) is 23.4 Å². The summed E-state index contributed by atoms with van der Waals surface area (Å²) in [5.74, 6) is 1.12. The second-order valence-electron chi connectivity index (χ2n) is 8.41. The van der Waals surface area contributed by atoms with Crippen LogP contribution in [0.4, 0.5) is 11.5 Å². The lowest BCUT2D eigenvalue weighted by Gasteiger charge is -2.33. The molecule has 1 atom stereocenters. The quantitative estimate of drug-likeness (QED) is 0.557. The van der Waals surface area contributed by atoms with E-state index in [4.69, 9.17) is 0 Å². The van der Waals surface area contributed by atoms with Gasteiger partial charge in [-0.15, -0.1) is 0 Å². The Bertz CT molecular complexity index is 1050. The van der Waals surface area contributed by atoms with Crippen LogP contribution in [0.25, 0.3) is 0 Å². The molecule has 2 N–H and O–H groups in total. The van der Waals surface area contributed by atoms with Crippen LogP contribution >= 0.6 is 11.8 Å². The highest BCUT2D eigenvalue weighted by Gasteiger charge is 2.27. The Balaban J connectivity index is 1.70. The molecule has 0 aliphatic carbocycles. The van der Waals surface area contributed by atoms with Crippen molar-refractivity contribution in [3.8, 4) is 0 Å². The number of thioether (sulfide) groups is 1. The van der Waals surface area contributed by atoms with Gasteiger partial charge in [0.05, 0.1) is 16.8 Å². The number of piperazine rings is 1. The highest BCUT2D eigenvalue weighted by molar-refractivity contribution is 7.98. The van der Waals surface area contributed by atoms with Crippen molar-refractivity contribution in [1.29, 1.82) is 0 Å². The van der Waals surface area contributed by atoms with E-state index in [1.807, 2.05) is 31.4 Å². The van der Waals surface area contributed by atoms with E-state index in [1.54, 1.807) is 37.0 Å². The van der Waals surface area contributed by atoms with E-state index in [2.05, 4.69) is 31.9 Å². The Morgan fingerprint density at radius 1 is 1.15 bits per heavy atom. The van der Waals surface area contributed by atoms with E-state index < -0.39 is 22.0 Å². The zero-order valence-electron chi connectivity index (χ0n) is 19.7. The van der Waals surface area contributed by atoms with Gasteiger partial charge < -0.3 is 15.1 Å². The van der Waals surface area contributed by atoms with Crippen LogP contribution in [-0.4, -0.2) is 75.5 Å². The maximum absolute atomic E-state index is 13.1. The number of sulfonamides is 1. The summed E-state index contributed by atoms with van der Waals surface area (Å²) >= 11 is 1.56. The Kier molecular flexibility index (Phi) is 8.75. The van der Waals surface area contributed by atoms with Crippen LogP contribution in [0.2, 0.25) is 0 Å². The van der Waals surface area contributed by atoms with Gasteiger partial charge in [0, 0.05) is 26.2 Å². The number of likely N-dealkylation sites (N-methyl/N-ethyl adjacent to an activating group) is 1. The number of nitrogens with one attached hydrogen (secondary N) is 2. The molecule has 180 valence electrons. The molecule has 2 heterocycles. The van der Waals surface area contributed by atoms with Gasteiger partial charge in [0.2, 0.25) is 15.9 Å². The molecule has 3 rings (SSSR count). The number of anilines is 2. The lowest BCUT2D eigenvalue weighted by Crippen LogP contribution is -2.45. The highest BCUT2D eigenvalue weighted by atomic mass is 32.2. The van der Waals surface area contributed by atoms with Gasteiger partial charge in [-0.3, -0.25) is 4.79 Å². The van der Waals surface area contributed by atoms with Crippen molar-refractivity contribution >= 4 is 39.2 Å². The van der Waals surface area contributed by atoms with Gasteiger partial charge >= 0.3 is 0 Å². The summed E-state index contributed by atoms with van der Waals surface area (Å²) in [5, 5.41) is 2.82. The third-order valence-electron chi connectivity index (χ3n) is 5.70. The maximum Gasteiger partial charge on any atom is 0.242 e. The van der Waals surface area contributed by atoms with Gasteiger partial charge in [-0.25, -0.2) is 13.4 Å². The monoisotopic (exact) mass is 491 g/mol. The summed E-state index contributed by atoms with van der Waals surface area (Å²) in [5.41, 5.74) is 2.02. The van der Waals surface area contributed by atoms with Gasteiger partial charge in [0.1, 0.15) is 11.9 Å². The lowest BCUT2D eigenvalue weighted by molar-refractivity contribution is -0.117. The topological polar surface area (TPSA) is 94.6 Å². The molecule has 0 bridgehead atoms. The number of aryl methyl sites for hydroxylation is 2. The SMILES string of the molecule is CSCC[C@H](NS(=O)(=O)c1cc(C)ccc1C)C(=O)Nc1ccc(N2CCN(C)CC2)nc1. The summed E-state index contributed by atoms with van der Waals surface area (Å²) < 4.78 is 28.7. The fraction of sp³-hybridized carbons (Fsp3) is 0.478. The third kappa shape index (κ3) is 6.92. The fourth-order valence-electron chi connectivity index (χ4n) is 3.64. The van der Waals surface area contributed by atoms with E-state index in [1.165, 1.54) is 0 Å². The van der Waals surface area contributed by atoms with E-state index >= 15 is 0 Å². The molecule has 33 heavy (non-hydrogen) atoms. The van der Waals surface area contributed by atoms with Crippen LogP contribution in [0.3, 0.4) is 0 Å². The summed E-state index contributed by atoms with van der Waals surface area (Å²) in [6.45, 7) is 7.38. The van der Waals surface area contributed by atoms with Crippen LogP contribution in [0.15, 0.2) is 41.4 Å². The number of nitrogens with zero attached hydrogens (tertiary/aromatic N) is 3.